The summed E-state index contributed by atoms with van der Waals surface area (Å²) >= 11 is 1.34. The highest BCUT2D eigenvalue weighted by Gasteiger charge is 2.15. The van der Waals surface area contributed by atoms with Crippen LogP contribution in [0.15, 0.2) is 66.3 Å². The number of aromatic nitrogens is 3. The second-order valence-electron chi connectivity index (χ2n) is 6.07. The summed E-state index contributed by atoms with van der Waals surface area (Å²) in [6.07, 6.45) is 3.21. The lowest BCUT2D eigenvalue weighted by Gasteiger charge is -2.08. The van der Waals surface area contributed by atoms with Crippen molar-refractivity contribution in [3.63, 3.8) is 0 Å². The lowest BCUT2D eigenvalue weighted by molar-refractivity contribution is 0.102. The minimum absolute atomic E-state index is 0.273. The molecule has 4 rings (SSSR count). The highest BCUT2D eigenvalue weighted by atomic mass is 32.1. The Balaban J connectivity index is 1.53. The molecule has 0 aliphatic rings. The first-order valence-corrected chi connectivity index (χ1v) is 9.65. The molecule has 1 amide bonds. The monoisotopic (exact) mass is 406 g/mol. The molecule has 8 heteroatoms. The second kappa shape index (κ2) is 8.15. The summed E-state index contributed by atoms with van der Waals surface area (Å²) in [5.74, 6) is 1.11. The Morgan fingerprint density at radius 3 is 2.69 bits per heavy atom. The Morgan fingerprint density at radius 1 is 1.10 bits per heavy atom. The summed E-state index contributed by atoms with van der Waals surface area (Å²) in [6.45, 7) is 0. The molecule has 4 aromatic rings. The van der Waals surface area contributed by atoms with Crippen molar-refractivity contribution >= 4 is 22.4 Å². The van der Waals surface area contributed by atoms with Crippen molar-refractivity contribution in [2.75, 3.05) is 19.5 Å². The van der Waals surface area contributed by atoms with Crippen molar-refractivity contribution in [3.8, 4) is 28.4 Å². The molecule has 146 valence electrons. The van der Waals surface area contributed by atoms with E-state index in [1.54, 1.807) is 25.1 Å². The smallest absolute Gasteiger partial charge is 0.260 e. The molecule has 0 radical (unpaired) electrons. The maximum absolute atomic E-state index is 12.6. The van der Waals surface area contributed by atoms with Crippen LogP contribution >= 0.6 is 11.3 Å². The van der Waals surface area contributed by atoms with Crippen molar-refractivity contribution in [1.82, 2.24) is 14.8 Å². The number of para-hydroxylation sites is 1. The van der Waals surface area contributed by atoms with Crippen LogP contribution in [0, 0.1) is 0 Å². The number of ether oxygens (including phenoxy) is 2. The Morgan fingerprint density at radius 2 is 1.93 bits per heavy atom. The van der Waals surface area contributed by atoms with Gasteiger partial charge in [-0.15, -0.1) is 11.3 Å². The maximum atomic E-state index is 12.6. The SMILES string of the molecule is COc1ccc(OC)c(-c2csc(NC(=O)c3cnn(-c4ccccc4)c3)n2)c1. The van der Waals surface area contributed by atoms with Crippen LogP contribution in [0.4, 0.5) is 5.13 Å². The summed E-state index contributed by atoms with van der Waals surface area (Å²) < 4.78 is 12.4. The van der Waals surface area contributed by atoms with E-state index in [-0.39, 0.29) is 5.91 Å². The van der Waals surface area contributed by atoms with Gasteiger partial charge < -0.3 is 9.47 Å². The van der Waals surface area contributed by atoms with Crippen molar-refractivity contribution in [3.05, 3.63) is 71.9 Å². The van der Waals surface area contributed by atoms with E-state index in [1.807, 2.05) is 53.9 Å². The molecule has 0 unspecified atom stereocenters. The third-order valence-electron chi connectivity index (χ3n) is 4.27. The van der Waals surface area contributed by atoms with Crippen LogP contribution in [0.25, 0.3) is 16.9 Å². The molecule has 29 heavy (non-hydrogen) atoms. The number of benzene rings is 2. The topological polar surface area (TPSA) is 78.3 Å². The maximum Gasteiger partial charge on any atom is 0.260 e. The third kappa shape index (κ3) is 3.97. The summed E-state index contributed by atoms with van der Waals surface area (Å²) in [4.78, 5) is 17.1. The van der Waals surface area contributed by atoms with Gasteiger partial charge in [0.25, 0.3) is 5.91 Å². The van der Waals surface area contributed by atoms with Crippen LogP contribution in [-0.2, 0) is 0 Å². The Bertz CT molecular complexity index is 1140. The van der Waals surface area contributed by atoms with Crippen molar-refractivity contribution in [2.45, 2.75) is 0 Å². The van der Waals surface area contributed by atoms with Gasteiger partial charge in [0.1, 0.15) is 11.5 Å². The van der Waals surface area contributed by atoms with Gasteiger partial charge in [-0.2, -0.15) is 5.10 Å². The quantitative estimate of drug-likeness (QED) is 0.517. The van der Waals surface area contributed by atoms with Crippen LogP contribution < -0.4 is 14.8 Å². The zero-order valence-electron chi connectivity index (χ0n) is 15.8. The lowest BCUT2D eigenvalue weighted by atomic mass is 10.1. The largest absolute Gasteiger partial charge is 0.497 e. The molecule has 1 N–H and O–H groups in total. The normalized spacial score (nSPS) is 10.6. The van der Waals surface area contributed by atoms with Crippen molar-refractivity contribution < 1.29 is 14.3 Å². The number of rotatable bonds is 6. The van der Waals surface area contributed by atoms with E-state index in [0.29, 0.717) is 27.9 Å². The van der Waals surface area contributed by atoms with E-state index in [9.17, 15) is 4.79 Å². The number of nitrogens with one attached hydrogen (secondary N) is 1. The number of thiazole rings is 1. The lowest BCUT2D eigenvalue weighted by Crippen LogP contribution is -2.10. The first-order valence-electron chi connectivity index (χ1n) is 8.77. The average molecular weight is 406 g/mol. The third-order valence-corrected chi connectivity index (χ3v) is 5.03. The molecular weight excluding hydrogens is 388 g/mol. The molecule has 0 saturated heterocycles. The standard InChI is InChI=1S/C21H18N4O3S/c1-27-16-8-9-19(28-2)17(10-16)18-13-29-21(23-18)24-20(26)14-11-22-25(12-14)15-6-4-3-5-7-15/h3-13H,1-2H3,(H,23,24,26). The molecule has 0 bridgehead atoms. The predicted molar refractivity (Wildman–Crippen MR) is 112 cm³/mol. The minimum atomic E-state index is -0.273. The van der Waals surface area contributed by atoms with Crippen molar-refractivity contribution in [2.24, 2.45) is 0 Å². The van der Waals surface area contributed by atoms with E-state index in [2.05, 4.69) is 15.4 Å². The molecule has 0 spiro atoms. The number of hydrogen-bond donors (Lipinski definition) is 1. The fourth-order valence-electron chi connectivity index (χ4n) is 2.80. The van der Waals surface area contributed by atoms with Gasteiger partial charge in [0.05, 0.1) is 37.4 Å². The van der Waals surface area contributed by atoms with E-state index >= 15 is 0 Å². The molecule has 7 nitrogen and oxygen atoms in total. The fourth-order valence-corrected chi connectivity index (χ4v) is 3.51. The van der Waals surface area contributed by atoms with Gasteiger partial charge in [0.2, 0.25) is 0 Å². The van der Waals surface area contributed by atoms with Gasteiger partial charge >= 0.3 is 0 Å². The zero-order valence-corrected chi connectivity index (χ0v) is 16.6. The second-order valence-corrected chi connectivity index (χ2v) is 6.93. The Hall–Kier alpha value is -3.65. The molecule has 0 aliphatic heterocycles. The number of nitrogens with zero attached hydrogens (tertiary/aromatic N) is 3. The first-order chi connectivity index (χ1) is 14.2. The number of carbonyl (C=O) groups excluding carboxylic acids is 1. The minimum Gasteiger partial charge on any atom is -0.497 e. The van der Waals surface area contributed by atoms with Crippen LogP contribution in [0.5, 0.6) is 11.5 Å². The van der Waals surface area contributed by atoms with Gasteiger partial charge in [-0.05, 0) is 30.3 Å². The molecule has 2 aromatic heterocycles. The van der Waals surface area contributed by atoms with Gasteiger partial charge in [0, 0.05) is 17.1 Å². The van der Waals surface area contributed by atoms with E-state index in [0.717, 1.165) is 11.3 Å². The number of carbonyl (C=O) groups is 1. The van der Waals surface area contributed by atoms with E-state index in [4.69, 9.17) is 9.47 Å². The van der Waals surface area contributed by atoms with Gasteiger partial charge in [-0.25, -0.2) is 9.67 Å². The zero-order chi connectivity index (χ0) is 20.2. The predicted octanol–water partition coefficient (Wildman–Crippen LogP) is 4.27. The number of hydrogen-bond acceptors (Lipinski definition) is 6. The first kappa shape index (κ1) is 18.7. The molecule has 2 heterocycles. The van der Waals surface area contributed by atoms with Crippen LogP contribution in [0.3, 0.4) is 0 Å². The summed E-state index contributed by atoms with van der Waals surface area (Å²) in [7, 11) is 3.21. The molecule has 0 fully saturated rings. The molecule has 2 aromatic carbocycles. The molecule has 0 aliphatic carbocycles. The van der Waals surface area contributed by atoms with Gasteiger partial charge in [0.15, 0.2) is 5.13 Å². The van der Waals surface area contributed by atoms with Crippen LogP contribution in [-0.4, -0.2) is 34.9 Å². The number of anilines is 1. The molecule has 0 saturated carbocycles. The highest BCUT2D eigenvalue weighted by molar-refractivity contribution is 7.14. The average Bonchev–Trinajstić information content (AvgIpc) is 3.44. The van der Waals surface area contributed by atoms with E-state index < -0.39 is 0 Å². The molecule has 0 atom stereocenters. The number of amides is 1. The van der Waals surface area contributed by atoms with Crippen molar-refractivity contribution in [1.29, 1.82) is 0 Å². The Labute approximate surface area is 171 Å². The number of methoxy groups -OCH3 is 2. The van der Waals surface area contributed by atoms with Crippen LogP contribution in [0.2, 0.25) is 0 Å². The van der Waals surface area contributed by atoms with Crippen LogP contribution in [0.1, 0.15) is 10.4 Å². The fraction of sp³-hybridized carbons (Fsp3) is 0.0952. The summed E-state index contributed by atoms with van der Waals surface area (Å²) in [5, 5.41) is 9.42. The van der Waals surface area contributed by atoms with Gasteiger partial charge in [-0.1, -0.05) is 18.2 Å². The summed E-state index contributed by atoms with van der Waals surface area (Å²) in [6, 6.07) is 15.1. The highest BCUT2D eigenvalue weighted by Crippen LogP contribution is 2.35. The summed E-state index contributed by atoms with van der Waals surface area (Å²) in [5.41, 5.74) is 2.82. The Kier molecular flexibility index (Phi) is 5.26. The van der Waals surface area contributed by atoms with Gasteiger partial charge in [-0.3, -0.25) is 10.1 Å². The van der Waals surface area contributed by atoms with E-state index in [1.165, 1.54) is 17.5 Å². The molecular formula is C21H18N4O3S.